The van der Waals surface area contributed by atoms with Crippen LogP contribution in [0.4, 0.5) is 10.3 Å². The van der Waals surface area contributed by atoms with Gasteiger partial charge in [0.25, 0.3) is 5.91 Å². The Balaban J connectivity index is 1.37. The number of hydrogen-bond donors (Lipinski definition) is 2. The van der Waals surface area contributed by atoms with Crippen molar-refractivity contribution in [2.75, 3.05) is 44.8 Å². The first-order chi connectivity index (χ1) is 19.4. The molecule has 2 fully saturated rings. The second-order valence-corrected chi connectivity index (χ2v) is 10.7. The molecule has 5 rings (SSSR count). The molecule has 2 amide bonds. The van der Waals surface area contributed by atoms with Crippen molar-refractivity contribution in [3.05, 3.63) is 47.9 Å². The summed E-state index contributed by atoms with van der Waals surface area (Å²) in [6, 6.07) is 7.39. The zero-order valence-electron chi connectivity index (χ0n) is 23.1. The summed E-state index contributed by atoms with van der Waals surface area (Å²) in [5.41, 5.74) is 1.77. The van der Waals surface area contributed by atoms with Crippen LogP contribution in [0.25, 0.3) is 11.0 Å². The van der Waals surface area contributed by atoms with E-state index in [0.717, 1.165) is 64.0 Å². The molecule has 0 unspecified atom stereocenters. The average Bonchev–Trinajstić information content (AvgIpc) is 3.30. The molecule has 0 spiro atoms. The first kappa shape index (κ1) is 28.0. The number of aromatic nitrogens is 3. The zero-order chi connectivity index (χ0) is 28.1. The number of carbonyl (C=O) groups excluding carboxylic acids is 2. The quantitative estimate of drug-likeness (QED) is 0.416. The smallest absolute Gasteiger partial charge is 0.257 e. The molecule has 2 N–H and O–H groups in total. The maximum atomic E-state index is 13.4. The molecule has 3 aromatic rings. The van der Waals surface area contributed by atoms with Gasteiger partial charge in [-0.15, -0.1) is 0 Å². The number of carbonyl (C=O) groups is 2. The van der Waals surface area contributed by atoms with Crippen molar-refractivity contribution in [2.45, 2.75) is 51.6 Å². The Hall–Kier alpha value is -3.57. The third-order valence-corrected chi connectivity index (χ3v) is 7.51. The lowest BCUT2D eigenvalue weighted by Gasteiger charge is -2.30. The van der Waals surface area contributed by atoms with E-state index in [0.29, 0.717) is 29.5 Å². The van der Waals surface area contributed by atoms with E-state index in [2.05, 4.69) is 20.5 Å². The molecule has 1 aromatic carbocycles. The number of pyridine rings is 1. The number of imidazole rings is 1. The molecule has 2 aliphatic rings. The lowest BCUT2D eigenvalue weighted by atomic mass is 9.85. The maximum absolute atomic E-state index is 13.4. The van der Waals surface area contributed by atoms with Gasteiger partial charge < -0.3 is 19.4 Å². The van der Waals surface area contributed by atoms with Crippen LogP contribution in [0.3, 0.4) is 0 Å². The highest BCUT2D eigenvalue weighted by Crippen LogP contribution is 2.37. The minimum atomic E-state index is -0.408. The number of amides is 2. The van der Waals surface area contributed by atoms with E-state index in [4.69, 9.17) is 14.5 Å². The van der Waals surface area contributed by atoms with Gasteiger partial charge in [0.15, 0.2) is 0 Å². The molecule has 1 saturated carbocycles. The van der Waals surface area contributed by atoms with Crippen molar-refractivity contribution in [3.8, 4) is 5.88 Å². The molecule has 1 saturated heterocycles. The topological polar surface area (TPSA) is 111 Å². The largest absolute Gasteiger partial charge is 0.476 e. The van der Waals surface area contributed by atoms with Crippen LogP contribution in [-0.4, -0.2) is 76.7 Å². The Bertz CT molecular complexity index is 1310. The molecule has 2 aromatic heterocycles. The van der Waals surface area contributed by atoms with Crippen molar-refractivity contribution < 1.29 is 23.5 Å². The van der Waals surface area contributed by atoms with Crippen molar-refractivity contribution in [1.82, 2.24) is 24.8 Å². The third kappa shape index (κ3) is 6.76. The molecule has 3 heterocycles. The minimum Gasteiger partial charge on any atom is -0.476 e. The van der Waals surface area contributed by atoms with E-state index in [1.807, 2.05) is 24.5 Å². The van der Waals surface area contributed by atoms with Crippen molar-refractivity contribution in [2.24, 2.45) is 5.92 Å². The minimum absolute atomic E-state index is 0.0280. The van der Waals surface area contributed by atoms with Gasteiger partial charge in [-0.1, -0.05) is 0 Å². The molecule has 11 heteroatoms. The van der Waals surface area contributed by atoms with Gasteiger partial charge in [0.2, 0.25) is 17.7 Å². The predicted molar refractivity (Wildman–Crippen MR) is 149 cm³/mol. The monoisotopic (exact) mass is 552 g/mol. The van der Waals surface area contributed by atoms with Crippen LogP contribution in [-0.2, 0) is 9.53 Å². The SMILES string of the molecule is CC(C)NC(=O)C1CCC(n2c(NC(=O)c3ccc(F)cc3)nc3cnc(OCCN4CCOCC4)cc32)CC1. The molecule has 214 valence electrons. The van der Waals surface area contributed by atoms with Gasteiger partial charge in [-0.05, 0) is 63.8 Å². The number of morpholine rings is 1. The van der Waals surface area contributed by atoms with Crippen LogP contribution in [0.15, 0.2) is 36.5 Å². The van der Waals surface area contributed by atoms with Crippen LogP contribution in [0.5, 0.6) is 5.88 Å². The van der Waals surface area contributed by atoms with E-state index in [-0.39, 0.29) is 29.8 Å². The van der Waals surface area contributed by atoms with Crippen LogP contribution in [0.1, 0.15) is 55.9 Å². The molecule has 40 heavy (non-hydrogen) atoms. The molecule has 0 atom stereocenters. The number of rotatable bonds is 9. The fourth-order valence-electron chi connectivity index (χ4n) is 5.39. The Morgan fingerprint density at radius 3 is 2.55 bits per heavy atom. The molecule has 1 aliphatic heterocycles. The highest BCUT2D eigenvalue weighted by atomic mass is 19.1. The molecule has 10 nitrogen and oxygen atoms in total. The zero-order valence-corrected chi connectivity index (χ0v) is 23.1. The van der Waals surface area contributed by atoms with Gasteiger partial charge in [-0.2, -0.15) is 0 Å². The summed E-state index contributed by atoms with van der Waals surface area (Å²) in [7, 11) is 0. The summed E-state index contributed by atoms with van der Waals surface area (Å²) in [5.74, 6) is 0.154. The predicted octanol–water partition coefficient (Wildman–Crippen LogP) is 3.79. The van der Waals surface area contributed by atoms with Crippen LogP contribution in [0, 0.1) is 11.7 Å². The number of nitrogens with one attached hydrogen (secondary N) is 2. The molecular weight excluding hydrogens is 515 g/mol. The van der Waals surface area contributed by atoms with E-state index in [9.17, 15) is 14.0 Å². The summed E-state index contributed by atoms with van der Waals surface area (Å²) >= 11 is 0. The fourth-order valence-corrected chi connectivity index (χ4v) is 5.39. The van der Waals surface area contributed by atoms with Crippen molar-refractivity contribution >= 4 is 28.8 Å². The molecule has 0 radical (unpaired) electrons. The standard InChI is InChI=1S/C29H37FN6O4/c1-19(2)32-27(37)21-5-9-23(10-6-21)36-25-17-26(40-16-13-35-11-14-39-15-12-35)31-18-24(25)33-29(36)34-28(38)20-3-7-22(30)8-4-20/h3-4,7-8,17-19,21,23H,5-6,9-16H2,1-2H3,(H,32,37)(H,33,34,38). The second kappa shape index (κ2) is 12.7. The number of nitrogens with zero attached hydrogens (tertiary/aromatic N) is 4. The first-order valence-electron chi connectivity index (χ1n) is 14.1. The number of hydrogen-bond acceptors (Lipinski definition) is 7. The van der Waals surface area contributed by atoms with Crippen LogP contribution < -0.4 is 15.4 Å². The average molecular weight is 553 g/mol. The van der Waals surface area contributed by atoms with Crippen LogP contribution in [0.2, 0.25) is 0 Å². The van der Waals surface area contributed by atoms with Crippen molar-refractivity contribution in [1.29, 1.82) is 0 Å². The first-order valence-corrected chi connectivity index (χ1v) is 14.1. The van der Waals surface area contributed by atoms with E-state index in [1.165, 1.54) is 24.3 Å². The Morgan fingerprint density at radius 1 is 1.12 bits per heavy atom. The van der Waals surface area contributed by atoms with Gasteiger partial charge in [-0.25, -0.2) is 14.4 Å². The Morgan fingerprint density at radius 2 is 1.85 bits per heavy atom. The highest BCUT2D eigenvalue weighted by molar-refractivity contribution is 6.04. The number of ether oxygens (including phenoxy) is 2. The molecule has 0 bridgehead atoms. The maximum Gasteiger partial charge on any atom is 0.257 e. The summed E-state index contributed by atoms with van der Waals surface area (Å²) in [6.45, 7) is 8.45. The second-order valence-electron chi connectivity index (χ2n) is 10.7. The third-order valence-electron chi connectivity index (χ3n) is 7.51. The normalized spacial score (nSPS) is 20.0. The van der Waals surface area contributed by atoms with Crippen LogP contribution >= 0.6 is 0 Å². The summed E-state index contributed by atoms with van der Waals surface area (Å²) in [4.78, 5) is 37.1. The van der Waals surface area contributed by atoms with E-state index >= 15 is 0 Å². The number of benzene rings is 1. The van der Waals surface area contributed by atoms with Gasteiger partial charge in [0.1, 0.15) is 17.9 Å². The summed E-state index contributed by atoms with van der Waals surface area (Å²) in [6.07, 6.45) is 4.66. The summed E-state index contributed by atoms with van der Waals surface area (Å²) < 4.78 is 26.9. The lowest BCUT2D eigenvalue weighted by molar-refractivity contribution is -0.126. The number of fused-ring (bicyclic) bond motifs is 1. The Labute approximate surface area is 233 Å². The van der Waals surface area contributed by atoms with E-state index in [1.54, 1.807) is 6.20 Å². The van der Waals surface area contributed by atoms with Gasteiger partial charge in [-0.3, -0.25) is 19.8 Å². The van der Waals surface area contributed by atoms with Gasteiger partial charge >= 0.3 is 0 Å². The molecule has 1 aliphatic carbocycles. The van der Waals surface area contributed by atoms with Crippen molar-refractivity contribution in [3.63, 3.8) is 0 Å². The Kier molecular flexibility index (Phi) is 8.91. The molecular formula is C29H37FN6O4. The highest BCUT2D eigenvalue weighted by Gasteiger charge is 2.30. The number of halogens is 1. The van der Waals surface area contributed by atoms with Gasteiger partial charge in [0.05, 0.1) is 24.9 Å². The van der Waals surface area contributed by atoms with Gasteiger partial charge in [0, 0.05) is 49.3 Å². The number of anilines is 1. The fraction of sp³-hybridized carbons (Fsp3) is 0.517. The lowest BCUT2D eigenvalue weighted by Crippen LogP contribution is -2.38. The van der Waals surface area contributed by atoms with E-state index < -0.39 is 5.82 Å². The summed E-state index contributed by atoms with van der Waals surface area (Å²) in [5, 5.41) is 5.95.